The van der Waals surface area contributed by atoms with E-state index in [-0.39, 0.29) is 24.2 Å². The van der Waals surface area contributed by atoms with Crippen molar-refractivity contribution in [2.24, 2.45) is 5.92 Å². The van der Waals surface area contributed by atoms with E-state index in [9.17, 15) is 9.59 Å². The average molecular weight is 365 g/mol. The summed E-state index contributed by atoms with van der Waals surface area (Å²) >= 11 is 0. The lowest BCUT2D eigenvalue weighted by Gasteiger charge is -2.20. The number of para-hydroxylation sites is 2. The van der Waals surface area contributed by atoms with Crippen LogP contribution in [0.15, 0.2) is 48.5 Å². The number of nitrogens with one attached hydrogen (secondary N) is 2. The summed E-state index contributed by atoms with van der Waals surface area (Å²) in [6.07, 6.45) is 1.11. The fourth-order valence-electron chi connectivity index (χ4n) is 3.48. The van der Waals surface area contributed by atoms with E-state index in [0.29, 0.717) is 13.1 Å². The zero-order valence-corrected chi connectivity index (χ0v) is 16.0. The number of aryl methyl sites for hydroxylation is 1. The number of carbonyl (C=O) groups excluding carboxylic acids is 2. The molecule has 1 atom stereocenters. The van der Waals surface area contributed by atoms with Crippen molar-refractivity contribution in [1.82, 2.24) is 5.32 Å². The van der Waals surface area contributed by atoms with Crippen molar-refractivity contribution in [2.75, 3.05) is 23.3 Å². The van der Waals surface area contributed by atoms with Gasteiger partial charge in [0, 0.05) is 30.9 Å². The lowest BCUT2D eigenvalue weighted by molar-refractivity contribution is -0.122. The molecule has 2 N–H and O–H groups in total. The van der Waals surface area contributed by atoms with Gasteiger partial charge in [-0.15, -0.1) is 0 Å². The summed E-state index contributed by atoms with van der Waals surface area (Å²) in [7, 11) is 0. The Morgan fingerprint density at radius 1 is 1.07 bits per heavy atom. The minimum atomic E-state index is -0.338. The molecule has 5 heteroatoms. The summed E-state index contributed by atoms with van der Waals surface area (Å²) in [4.78, 5) is 27.1. The van der Waals surface area contributed by atoms with Crippen LogP contribution in [0, 0.1) is 5.92 Å². The second-order valence-corrected chi connectivity index (χ2v) is 6.81. The van der Waals surface area contributed by atoms with Crippen molar-refractivity contribution < 1.29 is 9.59 Å². The largest absolute Gasteiger partial charge is 0.325 e. The Morgan fingerprint density at radius 3 is 2.52 bits per heavy atom. The molecule has 3 rings (SSSR count). The highest BCUT2D eigenvalue weighted by molar-refractivity contribution is 6.04. The standard InChI is InChI=1S/C22H27N3O2/c1-3-16-9-6-8-12-20(16)25-15-18(13-21(25)26)22(27)24-19-11-7-5-10-17(19)14-23-4-2/h5-12,18,23H,3-4,13-15H2,1-2H3,(H,24,27). The average Bonchev–Trinajstić information content (AvgIpc) is 3.09. The van der Waals surface area contributed by atoms with Crippen LogP contribution >= 0.6 is 0 Å². The van der Waals surface area contributed by atoms with Gasteiger partial charge in [-0.2, -0.15) is 0 Å². The molecule has 1 fully saturated rings. The lowest BCUT2D eigenvalue weighted by atomic mass is 10.1. The molecule has 2 aromatic rings. The molecular weight excluding hydrogens is 338 g/mol. The number of hydrogen-bond donors (Lipinski definition) is 2. The highest BCUT2D eigenvalue weighted by atomic mass is 16.2. The van der Waals surface area contributed by atoms with Gasteiger partial charge >= 0.3 is 0 Å². The van der Waals surface area contributed by atoms with Crippen molar-refractivity contribution in [2.45, 2.75) is 33.2 Å². The topological polar surface area (TPSA) is 61.4 Å². The van der Waals surface area contributed by atoms with Crippen molar-refractivity contribution in [1.29, 1.82) is 0 Å². The molecule has 142 valence electrons. The van der Waals surface area contributed by atoms with Crippen LogP contribution in [0.4, 0.5) is 11.4 Å². The van der Waals surface area contributed by atoms with Crippen molar-refractivity contribution >= 4 is 23.2 Å². The minimum Gasteiger partial charge on any atom is -0.325 e. The Kier molecular flexibility index (Phi) is 6.24. The molecule has 1 unspecified atom stereocenters. The molecule has 5 nitrogen and oxygen atoms in total. The first-order valence-corrected chi connectivity index (χ1v) is 9.61. The molecule has 1 aliphatic heterocycles. The first-order valence-electron chi connectivity index (χ1n) is 9.61. The van der Waals surface area contributed by atoms with Crippen LogP contribution < -0.4 is 15.5 Å². The maximum Gasteiger partial charge on any atom is 0.229 e. The van der Waals surface area contributed by atoms with E-state index >= 15 is 0 Å². The third-order valence-corrected chi connectivity index (χ3v) is 5.00. The summed E-state index contributed by atoms with van der Waals surface area (Å²) in [5.41, 5.74) is 3.91. The summed E-state index contributed by atoms with van der Waals surface area (Å²) in [6.45, 7) is 6.12. The molecule has 2 aromatic carbocycles. The first-order chi connectivity index (χ1) is 13.1. The predicted molar refractivity (Wildman–Crippen MR) is 109 cm³/mol. The Bertz CT molecular complexity index is 819. The van der Waals surface area contributed by atoms with E-state index in [2.05, 4.69) is 17.6 Å². The third-order valence-electron chi connectivity index (χ3n) is 5.00. The van der Waals surface area contributed by atoms with Gasteiger partial charge in [-0.25, -0.2) is 0 Å². The van der Waals surface area contributed by atoms with Crippen LogP contribution in [0.2, 0.25) is 0 Å². The van der Waals surface area contributed by atoms with E-state index in [0.717, 1.165) is 35.5 Å². The van der Waals surface area contributed by atoms with Gasteiger partial charge in [-0.1, -0.05) is 50.2 Å². The molecule has 1 heterocycles. The molecule has 1 saturated heterocycles. The second-order valence-electron chi connectivity index (χ2n) is 6.81. The van der Waals surface area contributed by atoms with Gasteiger partial charge in [0.25, 0.3) is 0 Å². The summed E-state index contributed by atoms with van der Waals surface area (Å²) in [6, 6.07) is 15.7. The van der Waals surface area contributed by atoms with Crippen molar-refractivity contribution in [3.63, 3.8) is 0 Å². The van der Waals surface area contributed by atoms with Gasteiger partial charge in [0.1, 0.15) is 0 Å². The number of amides is 2. The van der Waals surface area contributed by atoms with Crippen molar-refractivity contribution in [3.05, 3.63) is 59.7 Å². The maximum atomic E-state index is 12.8. The van der Waals surface area contributed by atoms with Crippen LogP contribution in [0.5, 0.6) is 0 Å². The number of rotatable bonds is 7. The van der Waals surface area contributed by atoms with E-state index in [1.165, 1.54) is 0 Å². The molecule has 0 radical (unpaired) electrons. The molecule has 0 aromatic heterocycles. The van der Waals surface area contributed by atoms with Crippen LogP contribution in [-0.2, 0) is 22.6 Å². The van der Waals surface area contributed by atoms with Crippen LogP contribution in [0.3, 0.4) is 0 Å². The summed E-state index contributed by atoms with van der Waals surface area (Å²) < 4.78 is 0. The molecule has 0 saturated carbocycles. The predicted octanol–water partition coefficient (Wildman–Crippen LogP) is 3.35. The zero-order valence-electron chi connectivity index (χ0n) is 16.0. The smallest absolute Gasteiger partial charge is 0.229 e. The van der Waals surface area contributed by atoms with E-state index in [1.54, 1.807) is 4.90 Å². The van der Waals surface area contributed by atoms with Gasteiger partial charge in [-0.05, 0) is 36.2 Å². The minimum absolute atomic E-state index is 0.0111. The fourth-order valence-corrected chi connectivity index (χ4v) is 3.48. The van der Waals surface area contributed by atoms with E-state index in [1.807, 2.05) is 55.5 Å². The van der Waals surface area contributed by atoms with Gasteiger partial charge < -0.3 is 15.5 Å². The Labute approximate surface area is 160 Å². The quantitative estimate of drug-likeness (QED) is 0.791. The van der Waals surface area contributed by atoms with E-state index < -0.39 is 0 Å². The molecule has 0 aliphatic carbocycles. The van der Waals surface area contributed by atoms with E-state index in [4.69, 9.17) is 0 Å². The van der Waals surface area contributed by atoms with Gasteiger partial charge in [-0.3, -0.25) is 9.59 Å². The Morgan fingerprint density at radius 2 is 1.78 bits per heavy atom. The molecule has 2 amide bonds. The monoisotopic (exact) mass is 365 g/mol. The number of hydrogen-bond acceptors (Lipinski definition) is 3. The maximum absolute atomic E-state index is 12.8. The second kappa shape index (κ2) is 8.82. The fraction of sp³-hybridized carbons (Fsp3) is 0.364. The zero-order chi connectivity index (χ0) is 19.2. The number of benzene rings is 2. The summed E-state index contributed by atoms with van der Waals surface area (Å²) in [5, 5.41) is 6.31. The third kappa shape index (κ3) is 4.37. The first kappa shape index (κ1) is 19.1. The Balaban J connectivity index is 1.71. The number of carbonyl (C=O) groups is 2. The lowest BCUT2D eigenvalue weighted by Crippen LogP contribution is -2.29. The SMILES string of the molecule is CCNCc1ccccc1NC(=O)C1CC(=O)N(c2ccccc2CC)C1. The van der Waals surface area contributed by atoms with Crippen molar-refractivity contribution in [3.8, 4) is 0 Å². The van der Waals surface area contributed by atoms with Crippen LogP contribution in [0.25, 0.3) is 0 Å². The number of nitrogens with zero attached hydrogens (tertiary/aromatic N) is 1. The van der Waals surface area contributed by atoms with Gasteiger partial charge in [0.15, 0.2) is 0 Å². The summed E-state index contributed by atoms with van der Waals surface area (Å²) in [5.74, 6) is -0.421. The highest BCUT2D eigenvalue weighted by Gasteiger charge is 2.35. The molecule has 27 heavy (non-hydrogen) atoms. The normalized spacial score (nSPS) is 16.6. The van der Waals surface area contributed by atoms with Gasteiger partial charge in [0.05, 0.1) is 5.92 Å². The number of anilines is 2. The van der Waals surface area contributed by atoms with Crippen LogP contribution in [0.1, 0.15) is 31.4 Å². The molecule has 0 spiro atoms. The molecular formula is C22H27N3O2. The van der Waals surface area contributed by atoms with Crippen LogP contribution in [-0.4, -0.2) is 24.9 Å². The molecule has 1 aliphatic rings. The highest BCUT2D eigenvalue weighted by Crippen LogP contribution is 2.29. The molecule has 0 bridgehead atoms. The van der Waals surface area contributed by atoms with Gasteiger partial charge in [0.2, 0.25) is 11.8 Å². The Hall–Kier alpha value is -2.66.